The van der Waals surface area contributed by atoms with E-state index in [0.29, 0.717) is 0 Å². The molecular weight excluding hydrogens is 377 g/mol. The van der Waals surface area contributed by atoms with E-state index in [2.05, 4.69) is 16.2 Å². The molecular formula is C21H18FN3O4. The van der Waals surface area contributed by atoms with Crippen LogP contribution in [0.15, 0.2) is 77.4 Å². The highest BCUT2D eigenvalue weighted by Gasteiger charge is 2.24. The Morgan fingerprint density at radius 2 is 1.59 bits per heavy atom. The molecule has 7 nitrogen and oxygen atoms in total. The molecule has 3 N–H and O–H groups in total. The van der Waals surface area contributed by atoms with Gasteiger partial charge in [-0.05, 0) is 29.8 Å². The molecule has 2 aromatic carbocycles. The van der Waals surface area contributed by atoms with Gasteiger partial charge >= 0.3 is 0 Å². The summed E-state index contributed by atoms with van der Waals surface area (Å²) in [5.74, 6) is -2.73. The van der Waals surface area contributed by atoms with Crippen LogP contribution in [0, 0.1) is 5.82 Å². The molecule has 148 valence electrons. The van der Waals surface area contributed by atoms with Crippen molar-refractivity contribution >= 4 is 17.7 Å². The third-order valence-corrected chi connectivity index (χ3v) is 4.07. The topological polar surface area (TPSA) is 100 Å². The number of halogens is 1. The molecule has 0 spiro atoms. The maximum Gasteiger partial charge on any atom is 0.287 e. The maximum atomic E-state index is 13.7. The van der Waals surface area contributed by atoms with E-state index in [-0.39, 0.29) is 17.7 Å². The molecule has 0 unspecified atom stereocenters. The molecule has 0 radical (unpaired) electrons. The second-order valence-electron chi connectivity index (χ2n) is 6.12. The molecule has 0 fully saturated rings. The van der Waals surface area contributed by atoms with Gasteiger partial charge < -0.3 is 9.73 Å². The standard InChI is InChI=1S/C21H18FN3O4/c22-16-10-5-4-9-15(16)19(26)24-25-20(27)17(13-14-7-2-1-3-8-14)23-21(28)18-11-6-12-29-18/h1-12,17H,13H2,(H,23,28)(H,24,26)(H,25,27)/t17-/m0/s1. The number of amides is 3. The van der Waals surface area contributed by atoms with Gasteiger partial charge in [-0.1, -0.05) is 42.5 Å². The number of carbonyl (C=O) groups is 3. The van der Waals surface area contributed by atoms with Crippen molar-refractivity contribution in [2.45, 2.75) is 12.5 Å². The van der Waals surface area contributed by atoms with Gasteiger partial charge in [-0.3, -0.25) is 25.2 Å². The van der Waals surface area contributed by atoms with Crippen molar-refractivity contribution in [2.24, 2.45) is 0 Å². The predicted octanol–water partition coefficient (Wildman–Crippen LogP) is 2.22. The van der Waals surface area contributed by atoms with E-state index < -0.39 is 29.6 Å². The zero-order valence-corrected chi connectivity index (χ0v) is 15.2. The number of benzene rings is 2. The van der Waals surface area contributed by atoms with Crippen molar-refractivity contribution in [3.63, 3.8) is 0 Å². The first kappa shape index (κ1) is 19.8. The van der Waals surface area contributed by atoms with Crippen LogP contribution in [-0.2, 0) is 11.2 Å². The number of carbonyl (C=O) groups excluding carboxylic acids is 3. The van der Waals surface area contributed by atoms with E-state index in [1.807, 2.05) is 6.07 Å². The molecule has 3 rings (SSSR count). The van der Waals surface area contributed by atoms with Crippen molar-refractivity contribution in [1.82, 2.24) is 16.2 Å². The Bertz CT molecular complexity index is 990. The van der Waals surface area contributed by atoms with E-state index in [1.54, 1.807) is 30.3 Å². The Balaban J connectivity index is 1.68. The van der Waals surface area contributed by atoms with Crippen LogP contribution in [0.1, 0.15) is 26.5 Å². The van der Waals surface area contributed by atoms with E-state index in [0.717, 1.165) is 11.6 Å². The SMILES string of the molecule is O=C(N[C@@H](Cc1ccccc1)C(=O)NNC(=O)c1ccccc1F)c1ccco1. The van der Waals surface area contributed by atoms with Crippen LogP contribution in [-0.4, -0.2) is 23.8 Å². The number of furan rings is 1. The predicted molar refractivity (Wildman–Crippen MR) is 102 cm³/mol. The van der Waals surface area contributed by atoms with Gasteiger partial charge in [0.05, 0.1) is 11.8 Å². The van der Waals surface area contributed by atoms with Gasteiger partial charge in [0.1, 0.15) is 11.9 Å². The van der Waals surface area contributed by atoms with Crippen LogP contribution >= 0.6 is 0 Å². The van der Waals surface area contributed by atoms with Gasteiger partial charge in [-0.25, -0.2) is 4.39 Å². The molecule has 29 heavy (non-hydrogen) atoms. The lowest BCUT2D eigenvalue weighted by Crippen LogP contribution is -2.53. The molecule has 0 saturated carbocycles. The van der Waals surface area contributed by atoms with Gasteiger partial charge in [-0.2, -0.15) is 0 Å². The fourth-order valence-corrected chi connectivity index (χ4v) is 2.61. The minimum Gasteiger partial charge on any atom is -0.459 e. The lowest BCUT2D eigenvalue weighted by molar-refractivity contribution is -0.123. The Hall–Kier alpha value is -3.94. The molecule has 3 amide bonds. The molecule has 8 heteroatoms. The Morgan fingerprint density at radius 3 is 2.28 bits per heavy atom. The molecule has 0 bridgehead atoms. The van der Waals surface area contributed by atoms with Gasteiger partial charge in [-0.15, -0.1) is 0 Å². The average Bonchev–Trinajstić information content (AvgIpc) is 3.27. The number of nitrogens with one attached hydrogen (secondary N) is 3. The van der Waals surface area contributed by atoms with Crippen LogP contribution in [0.5, 0.6) is 0 Å². The normalized spacial score (nSPS) is 11.3. The fourth-order valence-electron chi connectivity index (χ4n) is 2.61. The van der Waals surface area contributed by atoms with Crippen LogP contribution < -0.4 is 16.2 Å². The van der Waals surface area contributed by atoms with Crippen LogP contribution in [0.4, 0.5) is 4.39 Å². The van der Waals surface area contributed by atoms with Gasteiger partial charge in [0.2, 0.25) is 0 Å². The molecule has 1 aromatic heterocycles. The summed E-state index contributed by atoms with van der Waals surface area (Å²) >= 11 is 0. The van der Waals surface area contributed by atoms with Crippen LogP contribution in [0.25, 0.3) is 0 Å². The lowest BCUT2D eigenvalue weighted by atomic mass is 10.1. The molecule has 3 aromatic rings. The number of hydrogen-bond donors (Lipinski definition) is 3. The molecule has 0 saturated heterocycles. The summed E-state index contributed by atoms with van der Waals surface area (Å²) in [6.07, 6.45) is 1.52. The third kappa shape index (κ3) is 5.29. The quantitative estimate of drug-likeness (QED) is 0.557. The van der Waals surface area contributed by atoms with Gasteiger partial charge in [0, 0.05) is 6.42 Å². The van der Waals surface area contributed by atoms with E-state index in [4.69, 9.17) is 4.42 Å². The number of hydrogen-bond acceptors (Lipinski definition) is 4. The molecule has 1 heterocycles. The first-order valence-corrected chi connectivity index (χ1v) is 8.77. The number of rotatable bonds is 6. The summed E-state index contributed by atoms with van der Waals surface area (Å²) in [5.41, 5.74) is 4.97. The summed E-state index contributed by atoms with van der Waals surface area (Å²) in [7, 11) is 0. The van der Waals surface area contributed by atoms with Crippen molar-refractivity contribution in [3.05, 3.63) is 95.7 Å². The average molecular weight is 395 g/mol. The van der Waals surface area contributed by atoms with Gasteiger partial charge in [0.15, 0.2) is 5.76 Å². The maximum absolute atomic E-state index is 13.7. The summed E-state index contributed by atoms with van der Waals surface area (Å²) in [6, 6.07) is 16.4. The first-order chi connectivity index (χ1) is 14.0. The molecule has 0 aliphatic heterocycles. The van der Waals surface area contributed by atoms with E-state index in [9.17, 15) is 18.8 Å². The summed E-state index contributed by atoms with van der Waals surface area (Å²) in [4.78, 5) is 37.0. The van der Waals surface area contributed by atoms with Crippen molar-refractivity contribution in [2.75, 3.05) is 0 Å². The van der Waals surface area contributed by atoms with Crippen LogP contribution in [0.3, 0.4) is 0 Å². The smallest absolute Gasteiger partial charge is 0.287 e. The summed E-state index contributed by atoms with van der Waals surface area (Å²) in [5, 5.41) is 2.57. The second-order valence-corrected chi connectivity index (χ2v) is 6.12. The third-order valence-electron chi connectivity index (χ3n) is 4.07. The summed E-state index contributed by atoms with van der Waals surface area (Å²) < 4.78 is 18.7. The van der Waals surface area contributed by atoms with Crippen molar-refractivity contribution in [3.8, 4) is 0 Å². The minimum atomic E-state index is -1.00. The van der Waals surface area contributed by atoms with Crippen LogP contribution in [0.2, 0.25) is 0 Å². The Labute approximate surface area is 165 Å². The molecule has 0 aliphatic carbocycles. The van der Waals surface area contributed by atoms with E-state index in [1.165, 1.54) is 30.5 Å². The second kappa shape index (κ2) is 9.32. The monoisotopic (exact) mass is 395 g/mol. The van der Waals surface area contributed by atoms with Crippen molar-refractivity contribution in [1.29, 1.82) is 0 Å². The Kier molecular flexibility index (Phi) is 6.36. The highest BCUT2D eigenvalue weighted by Crippen LogP contribution is 2.07. The lowest BCUT2D eigenvalue weighted by Gasteiger charge is -2.18. The van der Waals surface area contributed by atoms with Gasteiger partial charge in [0.25, 0.3) is 17.7 Å². The number of hydrazine groups is 1. The summed E-state index contributed by atoms with van der Waals surface area (Å²) in [6.45, 7) is 0. The first-order valence-electron chi connectivity index (χ1n) is 8.77. The zero-order chi connectivity index (χ0) is 20.6. The largest absolute Gasteiger partial charge is 0.459 e. The Morgan fingerprint density at radius 1 is 0.862 bits per heavy atom. The highest BCUT2D eigenvalue weighted by atomic mass is 19.1. The highest BCUT2D eigenvalue weighted by molar-refractivity contribution is 5.98. The molecule has 0 aliphatic rings. The fraction of sp³-hybridized carbons (Fsp3) is 0.0952. The zero-order valence-electron chi connectivity index (χ0n) is 15.2. The minimum absolute atomic E-state index is 0.0475. The van der Waals surface area contributed by atoms with Crippen molar-refractivity contribution < 1.29 is 23.2 Å². The van der Waals surface area contributed by atoms with E-state index >= 15 is 0 Å². The molecule has 1 atom stereocenters.